The minimum absolute atomic E-state index is 0.330. The average Bonchev–Trinajstić information content (AvgIpc) is 2.09. The lowest BCUT2D eigenvalue weighted by Crippen LogP contribution is -2.41. The third-order valence-corrected chi connectivity index (χ3v) is 2.44. The summed E-state index contributed by atoms with van der Waals surface area (Å²) in [4.78, 5) is 21.3. The Morgan fingerprint density at radius 3 is 2.71 bits per heavy atom. The smallest absolute Gasteiger partial charge is 0.327 e. The highest BCUT2D eigenvalue weighted by molar-refractivity contribution is 7.99. The molecule has 0 bridgehead atoms. The topological polar surface area (TPSA) is 66.4 Å². The van der Waals surface area contributed by atoms with Gasteiger partial charge in [0.1, 0.15) is 6.04 Å². The van der Waals surface area contributed by atoms with E-state index < -0.39 is 12.0 Å². The lowest BCUT2D eigenvalue weighted by atomic mass is 10.3. The van der Waals surface area contributed by atoms with Crippen LogP contribution in [0.5, 0.6) is 0 Å². The molecule has 6 heteroatoms. The summed E-state index contributed by atoms with van der Waals surface area (Å²) in [6.07, 6.45) is 1.71. The molecule has 0 fully saturated rings. The van der Waals surface area contributed by atoms with Crippen LogP contribution in [0.4, 0.5) is 0 Å². The van der Waals surface area contributed by atoms with E-state index in [1.807, 2.05) is 0 Å². The Balaban J connectivity index is 3.85. The Kier molecular flexibility index (Phi) is 7.32. The first-order valence-electron chi connectivity index (χ1n) is 3.90. The minimum Gasteiger partial charge on any atom is -0.480 e. The zero-order valence-electron chi connectivity index (χ0n) is 7.70. The van der Waals surface area contributed by atoms with Crippen LogP contribution in [0, 0.1) is 0 Å². The molecule has 0 spiro atoms. The average molecular weight is 238 g/mol. The van der Waals surface area contributed by atoms with Crippen molar-refractivity contribution in [2.24, 2.45) is 0 Å². The van der Waals surface area contributed by atoms with E-state index in [4.69, 9.17) is 16.7 Å². The molecule has 0 aromatic rings. The summed E-state index contributed by atoms with van der Waals surface area (Å²) < 4.78 is 0. The molecule has 1 amide bonds. The van der Waals surface area contributed by atoms with Gasteiger partial charge in [-0.15, -0.1) is 0 Å². The first-order chi connectivity index (χ1) is 6.57. The number of hydrogen-bond acceptors (Lipinski definition) is 3. The van der Waals surface area contributed by atoms with E-state index in [2.05, 4.69) is 5.32 Å². The normalized spacial score (nSPS) is 12.7. The third-order valence-electron chi connectivity index (χ3n) is 1.26. The van der Waals surface area contributed by atoms with Gasteiger partial charge in [0.25, 0.3) is 0 Å². The molecule has 0 aliphatic rings. The van der Waals surface area contributed by atoms with E-state index in [-0.39, 0.29) is 5.91 Å². The summed E-state index contributed by atoms with van der Waals surface area (Å²) in [5.41, 5.74) is 1.38. The zero-order chi connectivity index (χ0) is 11.0. The molecule has 0 aliphatic heterocycles. The summed E-state index contributed by atoms with van der Waals surface area (Å²) in [6.45, 7) is 1.29. The van der Waals surface area contributed by atoms with Crippen molar-refractivity contribution < 1.29 is 14.7 Å². The molecule has 0 rings (SSSR count). The van der Waals surface area contributed by atoms with E-state index in [1.165, 1.54) is 24.2 Å². The Morgan fingerprint density at radius 2 is 2.29 bits per heavy atom. The molecule has 80 valence electrons. The monoisotopic (exact) mass is 237 g/mol. The van der Waals surface area contributed by atoms with E-state index in [1.54, 1.807) is 6.08 Å². The van der Waals surface area contributed by atoms with Crippen LogP contribution in [-0.4, -0.2) is 34.5 Å². The van der Waals surface area contributed by atoms with E-state index in [0.29, 0.717) is 11.5 Å². The standard InChI is InChI=1S/C8H12ClNO3S/c1-6(11)10-7(8(12)13)5-14-4-2-3-9/h2-3,7H,4-5H2,1H3,(H,10,11)(H,12,13)/t7-/m0/s1. The molecule has 0 saturated heterocycles. The van der Waals surface area contributed by atoms with Crippen LogP contribution < -0.4 is 5.32 Å². The Labute approximate surface area is 91.7 Å². The van der Waals surface area contributed by atoms with Gasteiger partial charge in [0.2, 0.25) is 5.91 Å². The molecule has 0 unspecified atom stereocenters. The van der Waals surface area contributed by atoms with Gasteiger partial charge in [-0.05, 0) is 0 Å². The number of carbonyl (C=O) groups excluding carboxylic acids is 1. The summed E-state index contributed by atoms with van der Waals surface area (Å²) in [5, 5.41) is 11.0. The van der Waals surface area contributed by atoms with E-state index in [9.17, 15) is 9.59 Å². The number of carboxylic acid groups (broad SMARTS) is 1. The first kappa shape index (κ1) is 13.3. The van der Waals surface area contributed by atoms with Crippen molar-refractivity contribution in [3.8, 4) is 0 Å². The van der Waals surface area contributed by atoms with Crippen molar-refractivity contribution in [2.45, 2.75) is 13.0 Å². The molecule has 0 aliphatic carbocycles. The van der Waals surface area contributed by atoms with Gasteiger partial charge in [0.15, 0.2) is 0 Å². The number of aliphatic carboxylic acids is 1. The van der Waals surface area contributed by atoms with Gasteiger partial charge in [-0.2, -0.15) is 11.8 Å². The number of carboxylic acids is 1. The Bertz CT molecular complexity index is 233. The van der Waals surface area contributed by atoms with Gasteiger partial charge in [-0.1, -0.05) is 17.7 Å². The number of halogens is 1. The van der Waals surface area contributed by atoms with Crippen LogP contribution in [0.1, 0.15) is 6.92 Å². The summed E-state index contributed by atoms with van der Waals surface area (Å²) in [5.74, 6) is -0.406. The molecule has 0 saturated carbocycles. The second-order valence-corrected chi connectivity index (χ2v) is 3.82. The molecule has 14 heavy (non-hydrogen) atoms. The summed E-state index contributed by atoms with van der Waals surface area (Å²) >= 11 is 6.67. The predicted octanol–water partition coefficient (Wildman–Crippen LogP) is 1.06. The Hall–Kier alpha value is -0.680. The number of rotatable bonds is 6. The van der Waals surface area contributed by atoms with Crippen LogP contribution in [0.3, 0.4) is 0 Å². The fraction of sp³-hybridized carbons (Fsp3) is 0.500. The molecule has 2 N–H and O–H groups in total. The number of nitrogens with one attached hydrogen (secondary N) is 1. The van der Waals surface area contributed by atoms with E-state index >= 15 is 0 Å². The number of thioether (sulfide) groups is 1. The second kappa shape index (κ2) is 7.70. The lowest BCUT2D eigenvalue weighted by Gasteiger charge is -2.11. The lowest BCUT2D eigenvalue weighted by molar-refractivity contribution is -0.140. The molecule has 0 radical (unpaired) electrons. The Morgan fingerprint density at radius 1 is 1.64 bits per heavy atom. The van der Waals surface area contributed by atoms with Crippen LogP contribution >= 0.6 is 23.4 Å². The number of amides is 1. The van der Waals surface area contributed by atoms with Crippen molar-refractivity contribution in [2.75, 3.05) is 11.5 Å². The molecule has 0 aromatic heterocycles. The van der Waals surface area contributed by atoms with Crippen LogP contribution in [0.25, 0.3) is 0 Å². The first-order valence-corrected chi connectivity index (χ1v) is 5.50. The highest BCUT2D eigenvalue weighted by atomic mass is 35.5. The number of carbonyl (C=O) groups is 2. The molecule has 0 aromatic carbocycles. The maximum absolute atomic E-state index is 10.6. The maximum atomic E-state index is 10.6. The molecular formula is C8H12ClNO3S. The quantitative estimate of drug-likeness (QED) is 0.678. The van der Waals surface area contributed by atoms with Gasteiger partial charge in [0.05, 0.1) is 0 Å². The van der Waals surface area contributed by atoms with Crippen molar-refractivity contribution in [1.82, 2.24) is 5.32 Å². The minimum atomic E-state index is -1.03. The summed E-state index contributed by atoms with van der Waals surface area (Å²) in [7, 11) is 0. The van der Waals surface area contributed by atoms with Gasteiger partial charge in [-0.3, -0.25) is 4.79 Å². The predicted molar refractivity (Wildman–Crippen MR) is 57.6 cm³/mol. The van der Waals surface area contributed by atoms with Crippen molar-refractivity contribution in [3.05, 3.63) is 11.6 Å². The highest BCUT2D eigenvalue weighted by Gasteiger charge is 2.17. The summed E-state index contributed by atoms with van der Waals surface area (Å²) in [6, 6.07) is -0.832. The fourth-order valence-electron chi connectivity index (χ4n) is 0.710. The molecule has 0 heterocycles. The number of hydrogen-bond donors (Lipinski definition) is 2. The largest absolute Gasteiger partial charge is 0.480 e. The SMILES string of the molecule is CC(=O)N[C@@H](CSCC=CCl)C(=O)O. The van der Waals surface area contributed by atoms with E-state index in [0.717, 1.165) is 0 Å². The fourth-order valence-corrected chi connectivity index (χ4v) is 1.74. The van der Waals surface area contributed by atoms with Crippen molar-refractivity contribution in [3.63, 3.8) is 0 Å². The van der Waals surface area contributed by atoms with Crippen LogP contribution in [0.15, 0.2) is 11.6 Å². The molecular weight excluding hydrogens is 226 g/mol. The van der Waals surface area contributed by atoms with Gasteiger partial charge in [-0.25, -0.2) is 4.79 Å². The van der Waals surface area contributed by atoms with Crippen LogP contribution in [-0.2, 0) is 9.59 Å². The van der Waals surface area contributed by atoms with Gasteiger partial charge < -0.3 is 10.4 Å². The van der Waals surface area contributed by atoms with Gasteiger partial charge in [0, 0.05) is 24.0 Å². The highest BCUT2D eigenvalue weighted by Crippen LogP contribution is 2.04. The molecule has 1 atom stereocenters. The third kappa shape index (κ3) is 6.80. The maximum Gasteiger partial charge on any atom is 0.327 e. The van der Waals surface area contributed by atoms with Crippen LogP contribution in [0.2, 0.25) is 0 Å². The van der Waals surface area contributed by atoms with Crippen molar-refractivity contribution >= 4 is 35.2 Å². The zero-order valence-corrected chi connectivity index (χ0v) is 9.27. The van der Waals surface area contributed by atoms with Crippen molar-refractivity contribution in [1.29, 1.82) is 0 Å². The second-order valence-electron chi connectivity index (χ2n) is 2.49. The van der Waals surface area contributed by atoms with Gasteiger partial charge >= 0.3 is 5.97 Å². The molecule has 4 nitrogen and oxygen atoms in total.